The summed E-state index contributed by atoms with van der Waals surface area (Å²) >= 11 is 0. The number of nitrogens with one attached hydrogen (secondary N) is 2. The number of hydrogen-bond acceptors (Lipinski definition) is 4. The van der Waals surface area contributed by atoms with Crippen molar-refractivity contribution in [1.82, 2.24) is 15.3 Å². The molecular weight excluding hydrogens is 300 g/mol. The lowest BCUT2D eigenvalue weighted by molar-refractivity contribution is 0.0932. The van der Waals surface area contributed by atoms with Crippen LogP contribution in [0, 0.1) is 0 Å². The van der Waals surface area contributed by atoms with Crippen LogP contribution in [-0.2, 0) is 0 Å². The van der Waals surface area contributed by atoms with E-state index >= 15 is 0 Å². The highest BCUT2D eigenvalue weighted by atomic mass is 16.1. The van der Waals surface area contributed by atoms with Gasteiger partial charge in [-0.05, 0) is 36.5 Å². The molecule has 1 aliphatic carbocycles. The van der Waals surface area contributed by atoms with Gasteiger partial charge in [0.1, 0.15) is 11.5 Å². The van der Waals surface area contributed by atoms with Gasteiger partial charge in [0.15, 0.2) is 0 Å². The summed E-state index contributed by atoms with van der Waals surface area (Å²) in [6.07, 6.45) is 7.62. The number of nitrogens with zero attached hydrogens (tertiary/aromatic N) is 2. The van der Waals surface area contributed by atoms with Crippen molar-refractivity contribution < 1.29 is 4.79 Å². The number of carbonyl (C=O) groups excluding carboxylic acids is 1. The van der Waals surface area contributed by atoms with Crippen LogP contribution in [0.15, 0.2) is 36.7 Å². The Morgan fingerprint density at radius 3 is 2.38 bits per heavy atom. The molecule has 24 heavy (non-hydrogen) atoms. The average Bonchev–Trinajstić information content (AvgIpc) is 3.09. The molecule has 5 heteroatoms. The Morgan fingerprint density at radius 1 is 1.08 bits per heavy atom. The maximum atomic E-state index is 12.1. The average molecular weight is 324 g/mol. The molecule has 0 bridgehead atoms. The molecule has 1 aromatic heterocycles. The summed E-state index contributed by atoms with van der Waals surface area (Å²) < 4.78 is 0. The van der Waals surface area contributed by atoms with E-state index in [2.05, 4.69) is 46.6 Å². The van der Waals surface area contributed by atoms with Crippen LogP contribution in [0.3, 0.4) is 0 Å². The maximum absolute atomic E-state index is 12.1. The van der Waals surface area contributed by atoms with E-state index in [1.807, 2.05) is 12.1 Å². The zero-order chi connectivity index (χ0) is 16.9. The van der Waals surface area contributed by atoms with Crippen LogP contribution >= 0.6 is 0 Å². The van der Waals surface area contributed by atoms with E-state index in [0.717, 1.165) is 18.5 Å². The molecule has 0 aliphatic heterocycles. The van der Waals surface area contributed by atoms with Crippen molar-refractivity contribution in [2.45, 2.75) is 51.5 Å². The van der Waals surface area contributed by atoms with Gasteiger partial charge < -0.3 is 10.6 Å². The second-order valence-corrected chi connectivity index (χ2v) is 6.64. The van der Waals surface area contributed by atoms with Crippen LogP contribution in [0.1, 0.15) is 61.5 Å². The molecule has 1 aliphatic rings. The van der Waals surface area contributed by atoms with Gasteiger partial charge in [-0.25, -0.2) is 9.97 Å². The van der Waals surface area contributed by atoms with E-state index in [-0.39, 0.29) is 11.9 Å². The quantitative estimate of drug-likeness (QED) is 0.872. The lowest BCUT2D eigenvalue weighted by Crippen LogP contribution is -2.33. The molecule has 1 fully saturated rings. The Labute approximate surface area is 142 Å². The number of amides is 1. The fourth-order valence-corrected chi connectivity index (χ4v) is 2.94. The van der Waals surface area contributed by atoms with Crippen molar-refractivity contribution in [2.75, 3.05) is 5.32 Å². The summed E-state index contributed by atoms with van der Waals surface area (Å²) in [5.41, 5.74) is 2.62. The predicted octanol–water partition coefficient (Wildman–Crippen LogP) is 4.02. The molecule has 2 aromatic rings. The van der Waals surface area contributed by atoms with E-state index in [4.69, 9.17) is 0 Å². The van der Waals surface area contributed by atoms with Crippen molar-refractivity contribution in [3.8, 4) is 0 Å². The van der Waals surface area contributed by atoms with E-state index < -0.39 is 0 Å². The first-order valence-corrected chi connectivity index (χ1v) is 8.62. The summed E-state index contributed by atoms with van der Waals surface area (Å²) in [4.78, 5) is 20.7. The Kier molecular flexibility index (Phi) is 5.08. The summed E-state index contributed by atoms with van der Waals surface area (Å²) in [5.74, 6) is 1.00. The molecule has 1 amide bonds. The van der Waals surface area contributed by atoms with Gasteiger partial charge in [-0.1, -0.05) is 38.8 Å². The minimum atomic E-state index is -0.137. The zero-order valence-electron chi connectivity index (χ0n) is 14.2. The smallest absolute Gasteiger partial charge is 0.271 e. The molecule has 0 radical (unpaired) electrons. The van der Waals surface area contributed by atoms with Gasteiger partial charge >= 0.3 is 0 Å². The van der Waals surface area contributed by atoms with Gasteiger partial charge in [0, 0.05) is 11.7 Å². The fourth-order valence-electron chi connectivity index (χ4n) is 2.94. The first-order chi connectivity index (χ1) is 11.6. The molecule has 126 valence electrons. The molecule has 5 nitrogen and oxygen atoms in total. The molecule has 2 N–H and O–H groups in total. The van der Waals surface area contributed by atoms with Crippen molar-refractivity contribution in [2.24, 2.45) is 0 Å². The van der Waals surface area contributed by atoms with E-state index in [0.29, 0.717) is 17.4 Å². The highest BCUT2D eigenvalue weighted by Crippen LogP contribution is 2.20. The minimum Gasteiger partial charge on any atom is -0.348 e. The number of hydrogen-bond donors (Lipinski definition) is 2. The number of rotatable bonds is 5. The van der Waals surface area contributed by atoms with Crippen molar-refractivity contribution in [3.05, 3.63) is 47.9 Å². The second kappa shape index (κ2) is 7.43. The molecule has 0 atom stereocenters. The minimum absolute atomic E-state index is 0.137. The summed E-state index contributed by atoms with van der Waals surface area (Å²) in [7, 11) is 0. The van der Waals surface area contributed by atoms with Gasteiger partial charge in [-0.15, -0.1) is 0 Å². The second-order valence-electron chi connectivity index (χ2n) is 6.64. The Bertz CT molecular complexity index is 674. The normalized spacial score (nSPS) is 14.8. The standard InChI is InChI=1S/C19H24N4O/c1-13(2)14-7-9-16(10-8-14)22-18-12-20-17(11-21-18)19(24)23-15-5-3-4-6-15/h7-13,15H,3-6H2,1-2H3,(H,21,22)(H,23,24). The predicted molar refractivity (Wildman–Crippen MR) is 95.6 cm³/mol. The summed E-state index contributed by atoms with van der Waals surface area (Å²) in [6, 6.07) is 8.54. The van der Waals surface area contributed by atoms with Crippen molar-refractivity contribution in [3.63, 3.8) is 0 Å². The van der Waals surface area contributed by atoms with Gasteiger partial charge in [0.25, 0.3) is 5.91 Å². The van der Waals surface area contributed by atoms with E-state index in [9.17, 15) is 4.79 Å². The van der Waals surface area contributed by atoms with Gasteiger partial charge in [0.2, 0.25) is 0 Å². The number of carbonyl (C=O) groups is 1. The lowest BCUT2D eigenvalue weighted by Gasteiger charge is -2.11. The number of benzene rings is 1. The van der Waals surface area contributed by atoms with Crippen LogP contribution in [0.4, 0.5) is 11.5 Å². The number of aromatic nitrogens is 2. The third-order valence-corrected chi connectivity index (χ3v) is 4.42. The van der Waals surface area contributed by atoms with Crippen LogP contribution in [0.2, 0.25) is 0 Å². The molecule has 3 rings (SSSR count). The third kappa shape index (κ3) is 4.10. The summed E-state index contributed by atoms with van der Waals surface area (Å²) in [5, 5.41) is 6.22. The Hall–Kier alpha value is -2.43. The molecule has 1 heterocycles. The van der Waals surface area contributed by atoms with Crippen LogP contribution in [0.25, 0.3) is 0 Å². The van der Waals surface area contributed by atoms with Crippen LogP contribution in [0.5, 0.6) is 0 Å². The van der Waals surface area contributed by atoms with Crippen LogP contribution < -0.4 is 10.6 Å². The van der Waals surface area contributed by atoms with Gasteiger partial charge in [-0.2, -0.15) is 0 Å². The zero-order valence-corrected chi connectivity index (χ0v) is 14.2. The summed E-state index contributed by atoms with van der Waals surface area (Å²) in [6.45, 7) is 4.34. The first kappa shape index (κ1) is 16.4. The largest absolute Gasteiger partial charge is 0.348 e. The molecule has 0 saturated heterocycles. The maximum Gasteiger partial charge on any atom is 0.271 e. The highest BCUT2D eigenvalue weighted by molar-refractivity contribution is 5.92. The van der Waals surface area contributed by atoms with Gasteiger partial charge in [-0.3, -0.25) is 4.79 Å². The SMILES string of the molecule is CC(C)c1ccc(Nc2cnc(C(=O)NC3CCCC3)cn2)cc1. The monoisotopic (exact) mass is 324 g/mol. The number of anilines is 2. The van der Waals surface area contributed by atoms with Gasteiger partial charge in [0.05, 0.1) is 12.4 Å². The topological polar surface area (TPSA) is 66.9 Å². The Balaban J connectivity index is 1.60. The Morgan fingerprint density at radius 2 is 1.79 bits per heavy atom. The van der Waals surface area contributed by atoms with Crippen LogP contribution in [-0.4, -0.2) is 21.9 Å². The highest BCUT2D eigenvalue weighted by Gasteiger charge is 2.18. The molecule has 0 spiro atoms. The molecule has 1 aromatic carbocycles. The molecule has 1 saturated carbocycles. The van der Waals surface area contributed by atoms with E-state index in [1.54, 1.807) is 6.20 Å². The third-order valence-electron chi connectivity index (χ3n) is 4.42. The molecule has 0 unspecified atom stereocenters. The lowest BCUT2D eigenvalue weighted by atomic mass is 10.0. The van der Waals surface area contributed by atoms with Crippen molar-refractivity contribution >= 4 is 17.4 Å². The first-order valence-electron chi connectivity index (χ1n) is 8.62. The fraction of sp³-hybridized carbons (Fsp3) is 0.421. The molecular formula is C19H24N4O. The van der Waals surface area contributed by atoms with E-state index in [1.165, 1.54) is 24.6 Å². The van der Waals surface area contributed by atoms with Crippen molar-refractivity contribution in [1.29, 1.82) is 0 Å².